The summed E-state index contributed by atoms with van der Waals surface area (Å²) < 4.78 is 35.3. The molecule has 8 heteroatoms. The SMILES string of the molecule is CCC(C(=O)O)(c1ccccc1)N1CC(S(=O)(=O)F)CC1=O. The Morgan fingerprint density at radius 2 is 2.00 bits per heavy atom. The molecule has 0 aliphatic carbocycles. The Kier molecular flexibility index (Phi) is 4.23. The molecule has 0 bridgehead atoms. The van der Waals surface area contributed by atoms with Crippen molar-refractivity contribution in [3.8, 4) is 0 Å². The Bertz CT molecular complexity index is 690. The van der Waals surface area contributed by atoms with Crippen molar-refractivity contribution < 1.29 is 27.0 Å². The zero-order valence-electron chi connectivity index (χ0n) is 11.9. The van der Waals surface area contributed by atoms with Gasteiger partial charge in [0.15, 0.2) is 5.54 Å². The Labute approximate surface area is 127 Å². The van der Waals surface area contributed by atoms with Gasteiger partial charge in [0, 0.05) is 13.0 Å². The number of carbonyl (C=O) groups is 2. The van der Waals surface area contributed by atoms with E-state index in [-0.39, 0.29) is 6.42 Å². The van der Waals surface area contributed by atoms with Crippen LogP contribution in [0, 0.1) is 0 Å². The fourth-order valence-corrected chi connectivity index (χ4v) is 3.56. The summed E-state index contributed by atoms with van der Waals surface area (Å²) in [5, 5.41) is 8.19. The van der Waals surface area contributed by atoms with E-state index in [1.165, 1.54) is 0 Å². The van der Waals surface area contributed by atoms with Crippen molar-refractivity contribution in [3.05, 3.63) is 35.9 Å². The van der Waals surface area contributed by atoms with Crippen LogP contribution < -0.4 is 0 Å². The first-order valence-corrected chi connectivity index (χ1v) is 8.21. The summed E-state index contributed by atoms with van der Waals surface area (Å²) in [6, 6.07) is 8.08. The second-order valence-corrected chi connectivity index (χ2v) is 6.81. The maximum Gasteiger partial charge on any atom is 0.334 e. The lowest BCUT2D eigenvalue weighted by atomic mass is 9.85. The highest BCUT2D eigenvalue weighted by Crippen LogP contribution is 2.37. The predicted octanol–water partition coefficient (Wildman–Crippen LogP) is 1.28. The molecular formula is C14H16FNO5S. The third-order valence-corrected chi connectivity index (χ3v) is 5.18. The molecule has 1 saturated heterocycles. The van der Waals surface area contributed by atoms with Gasteiger partial charge in [0.05, 0.1) is 0 Å². The molecule has 1 aliphatic heterocycles. The fraction of sp³-hybridized carbons (Fsp3) is 0.429. The standard InChI is InChI=1S/C14H16FNO5S/c1-2-14(13(18)19,10-6-4-3-5-7-10)16-9-11(8-12(16)17)22(15,20)21/h3-7,11H,2,8-9H2,1H3,(H,18,19). The summed E-state index contributed by atoms with van der Waals surface area (Å²) in [6.45, 7) is 1.12. The number of aliphatic carboxylic acids is 1. The van der Waals surface area contributed by atoms with Gasteiger partial charge in [-0.15, -0.1) is 3.89 Å². The summed E-state index contributed by atoms with van der Waals surface area (Å²) >= 11 is 0. The number of hydrogen-bond donors (Lipinski definition) is 1. The maximum absolute atomic E-state index is 13.2. The molecule has 0 aromatic heterocycles. The molecule has 1 heterocycles. The van der Waals surface area contributed by atoms with Crippen LogP contribution in [0.1, 0.15) is 25.3 Å². The lowest BCUT2D eigenvalue weighted by molar-refractivity contribution is -0.158. The van der Waals surface area contributed by atoms with Crippen LogP contribution in [0.4, 0.5) is 3.89 Å². The van der Waals surface area contributed by atoms with Crippen LogP contribution in [0.25, 0.3) is 0 Å². The number of carboxylic acids is 1. The lowest BCUT2D eigenvalue weighted by Gasteiger charge is -2.38. The average Bonchev–Trinajstić information content (AvgIpc) is 2.84. The topological polar surface area (TPSA) is 91.8 Å². The van der Waals surface area contributed by atoms with Gasteiger partial charge < -0.3 is 10.0 Å². The van der Waals surface area contributed by atoms with Gasteiger partial charge in [-0.3, -0.25) is 4.79 Å². The van der Waals surface area contributed by atoms with Crippen LogP contribution in [0.15, 0.2) is 30.3 Å². The first-order chi connectivity index (χ1) is 10.2. The van der Waals surface area contributed by atoms with E-state index in [0.717, 1.165) is 4.90 Å². The minimum absolute atomic E-state index is 0.0388. The molecule has 22 heavy (non-hydrogen) atoms. The van der Waals surface area contributed by atoms with E-state index in [1.54, 1.807) is 37.3 Å². The quantitative estimate of drug-likeness (QED) is 0.822. The summed E-state index contributed by atoms with van der Waals surface area (Å²) in [7, 11) is -4.90. The first-order valence-electron chi connectivity index (χ1n) is 6.76. The highest BCUT2D eigenvalue weighted by Gasteiger charge is 2.52. The largest absolute Gasteiger partial charge is 0.479 e. The molecule has 120 valence electrons. The molecule has 0 saturated carbocycles. The molecule has 1 fully saturated rings. The van der Waals surface area contributed by atoms with Crippen molar-refractivity contribution in [2.45, 2.75) is 30.6 Å². The third-order valence-electron chi connectivity index (χ3n) is 4.07. The molecule has 1 N–H and O–H groups in total. The number of rotatable bonds is 5. The molecule has 6 nitrogen and oxygen atoms in total. The minimum Gasteiger partial charge on any atom is -0.479 e. The zero-order chi connectivity index (χ0) is 16.5. The van der Waals surface area contributed by atoms with Gasteiger partial charge in [-0.25, -0.2) is 4.79 Å². The average molecular weight is 329 g/mol. The van der Waals surface area contributed by atoms with Crippen LogP contribution in [0.2, 0.25) is 0 Å². The Morgan fingerprint density at radius 3 is 2.41 bits per heavy atom. The Balaban J connectivity index is 2.52. The van der Waals surface area contributed by atoms with Crippen LogP contribution in [-0.2, 0) is 25.4 Å². The smallest absolute Gasteiger partial charge is 0.334 e. The molecule has 2 rings (SSSR count). The van der Waals surface area contributed by atoms with Crippen LogP contribution >= 0.6 is 0 Å². The van der Waals surface area contributed by atoms with Crippen molar-refractivity contribution in [2.24, 2.45) is 0 Å². The molecular weight excluding hydrogens is 313 g/mol. The molecule has 1 aromatic rings. The van der Waals surface area contributed by atoms with Crippen LogP contribution in [0.5, 0.6) is 0 Å². The van der Waals surface area contributed by atoms with Crippen molar-refractivity contribution >= 4 is 22.1 Å². The fourth-order valence-electron chi connectivity index (χ4n) is 2.89. The summed E-state index contributed by atoms with van der Waals surface area (Å²) in [5.41, 5.74) is -1.34. The van der Waals surface area contributed by atoms with Gasteiger partial charge in [-0.1, -0.05) is 37.3 Å². The van der Waals surface area contributed by atoms with E-state index in [1.807, 2.05) is 0 Å². The Morgan fingerprint density at radius 1 is 1.41 bits per heavy atom. The maximum atomic E-state index is 13.2. The molecule has 1 aliphatic rings. The van der Waals surface area contributed by atoms with Gasteiger partial charge in [0.1, 0.15) is 5.25 Å². The number of amides is 1. The first kappa shape index (κ1) is 16.4. The van der Waals surface area contributed by atoms with Crippen molar-refractivity contribution in [1.29, 1.82) is 0 Å². The van der Waals surface area contributed by atoms with Crippen LogP contribution in [0.3, 0.4) is 0 Å². The number of nitrogens with zero attached hydrogens (tertiary/aromatic N) is 1. The third kappa shape index (κ3) is 2.58. The molecule has 1 amide bonds. The summed E-state index contributed by atoms with van der Waals surface area (Å²) in [4.78, 5) is 25.0. The lowest BCUT2D eigenvalue weighted by Crippen LogP contribution is -2.52. The van der Waals surface area contributed by atoms with E-state index in [2.05, 4.69) is 0 Å². The Hall–Kier alpha value is -1.96. The zero-order valence-corrected chi connectivity index (χ0v) is 12.7. The molecule has 2 unspecified atom stereocenters. The number of carboxylic acid groups (broad SMARTS) is 1. The van der Waals surface area contributed by atoms with Gasteiger partial charge in [0.25, 0.3) is 0 Å². The van der Waals surface area contributed by atoms with Gasteiger partial charge >= 0.3 is 16.2 Å². The normalized spacial score (nSPS) is 21.6. The predicted molar refractivity (Wildman–Crippen MR) is 76.2 cm³/mol. The number of benzene rings is 1. The van der Waals surface area contributed by atoms with E-state index in [0.29, 0.717) is 5.56 Å². The minimum atomic E-state index is -4.90. The molecule has 0 radical (unpaired) electrons. The number of carbonyl (C=O) groups excluding carboxylic acids is 1. The van der Waals surface area contributed by atoms with Crippen molar-refractivity contribution in [2.75, 3.05) is 6.54 Å². The number of halogens is 1. The van der Waals surface area contributed by atoms with Gasteiger partial charge in [0.2, 0.25) is 5.91 Å². The second kappa shape index (κ2) is 5.68. The van der Waals surface area contributed by atoms with Gasteiger partial charge in [-0.2, -0.15) is 8.42 Å². The second-order valence-electron chi connectivity index (χ2n) is 5.19. The van der Waals surface area contributed by atoms with E-state index in [9.17, 15) is 27.0 Å². The van der Waals surface area contributed by atoms with E-state index >= 15 is 0 Å². The highest BCUT2D eigenvalue weighted by atomic mass is 32.3. The van der Waals surface area contributed by atoms with E-state index < -0.39 is 45.9 Å². The summed E-state index contributed by atoms with van der Waals surface area (Å²) in [6.07, 6.45) is -0.502. The number of hydrogen-bond acceptors (Lipinski definition) is 4. The van der Waals surface area contributed by atoms with E-state index in [4.69, 9.17) is 0 Å². The van der Waals surface area contributed by atoms with Crippen molar-refractivity contribution in [1.82, 2.24) is 4.90 Å². The molecule has 0 spiro atoms. The molecule has 2 atom stereocenters. The summed E-state index contributed by atoms with van der Waals surface area (Å²) in [5.74, 6) is -1.95. The highest BCUT2D eigenvalue weighted by molar-refractivity contribution is 7.87. The monoisotopic (exact) mass is 329 g/mol. The number of likely N-dealkylation sites (tertiary alicyclic amines) is 1. The van der Waals surface area contributed by atoms with Crippen molar-refractivity contribution in [3.63, 3.8) is 0 Å². The molecule has 1 aromatic carbocycles. The van der Waals surface area contributed by atoms with Gasteiger partial charge in [-0.05, 0) is 12.0 Å². The van der Waals surface area contributed by atoms with Crippen LogP contribution in [-0.4, -0.2) is 42.1 Å².